The van der Waals surface area contributed by atoms with Crippen molar-refractivity contribution in [3.05, 3.63) is 60.0 Å². The van der Waals surface area contributed by atoms with E-state index in [4.69, 9.17) is 9.26 Å². The zero-order chi connectivity index (χ0) is 22.5. The number of anilines is 1. The molecule has 4 rings (SSSR count). The van der Waals surface area contributed by atoms with Crippen LogP contribution in [0.3, 0.4) is 0 Å². The minimum absolute atomic E-state index is 0.00507. The molecule has 2 aromatic carbocycles. The Morgan fingerprint density at radius 3 is 2.75 bits per heavy atom. The van der Waals surface area contributed by atoms with E-state index in [1.807, 2.05) is 12.1 Å². The summed E-state index contributed by atoms with van der Waals surface area (Å²) < 4.78 is 10.4. The lowest BCUT2D eigenvalue weighted by molar-refractivity contribution is -0.125. The van der Waals surface area contributed by atoms with Gasteiger partial charge in [-0.05, 0) is 42.0 Å². The summed E-state index contributed by atoms with van der Waals surface area (Å²) in [6.45, 7) is 0.148. The number of carbonyl (C=O) groups is 3. The lowest BCUT2D eigenvalue weighted by atomic mass is 10.2. The Morgan fingerprint density at radius 1 is 1.22 bits per heavy atom. The van der Waals surface area contributed by atoms with Gasteiger partial charge in [-0.25, -0.2) is 4.79 Å². The van der Waals surface area contributed by atoms with Crippen molar-refractivity contribution >= 4 is 23.5 Å². The van der Waals surface area contributed by atoms with Crippen LogP contribution in [0.15, 0.2) is 53.1 Å². The summed E-state index contributed by atoms with van der Waals surface area (Å²) in [5, 5.41) is 9.24. The number of hydrogen-bond donors (Lipinski definition) is 2. The lowest BCUT2D eigenvalue weighted by Crippen LogP contribution is -2.30. The summed E-state index contributed by atoms with van der Waals surface area (Å²) >= 11 is 0. The second kappa shape index (κ2) is 9.29. The Hall–Kier alpha value is -4.21. The van der Waals surface area contributed by atoms with Crippen molar-refractivity contribution in [2.75, 3.05) is 19.0 Å². The van der Waals surface area contributed by atoms with Crippen LogP contribution in [0.4, 0.5) is 10.5 Å². The Bertz CT molecular complexity index is 1130. The standard InChI is InChI=1S/C22H21N5O5/c1-31-17-7-5-15(6-8-17)21-25-19(32-26-21)10-9-18(28)24-16-4-2-3-14(11-16)13-27-20(29)12-23-22(27)30/h2-8,11H,9-10,12-13H2,1H3,(H,23,30)(H,24,28). The fourth-order valence-corrected chi connectivity index (χ4v) is 3.20. The van der Waals surface area contributed by atoms with Gasteiger partial charge in [0.1, 0.15) is 5.75 Å². The maximum atomic E-state index is 12.3. The van der Waals surface area contributed by atoms with Crippen molar-refractivity contribution in [3.8, 4) is 17.1 Å². The predicted octanol–water partition coefficient (Wildman–Crippen LogP) is 2.37. The van der Waals surface area contributed by atoms with Gasteiger partial charge in [0.05, 0.1) is 20.2 Å². The average molecular weight is 435 g/mol. The van der Waals surface area contributed by atoms with Crippen molar-refractivity contribution in [1.29, 1.82) is 0 Å². The van der Waals surface area contributed by atoms with Crippen LogP contribution in [0.25, 0.3) is 11.4 Å². The summed E-state index contributed by atoms with van der Waals surface area (Å²) in [4.78, 5) is 41.2. The van der Waals surface area contributed by atoms with Gasteiger partial charge in [0.15, 0.2) is 0 Å². The van der Waals surface area contributed by atoms with E-state index in [9.17, 15) is 14.4 Å². The molecule has 0 unspecified atom stereocenters. The van der Waals surface area contributed by atoms with E-state index in [0.29, 0.717) is 17.4 Å². The van der Waals surface area contributed by atoms with Crippen LogP contribution >= 0.6 is 0 Å². The first-order valence-corrected chi connectivity index (χ1v) is 9.96. The summed E-state index contributed by atoms with van der Waals surface area (Å²) in [6, 6.07) is 13.8. The highest BCUT2D eigenvalue weighted by Crippen LogP contribution is 2.20. The number of methoxy groups -OCH3 is 1. The molecule has 0 aliphatic carbocycles. The number of rotatable bonds is 8. The van der Waals surface area contributed by atoms with Gasteiger partial charge < -0.3 is 19.9 Å². The van der Waals surface area contributed by atoms with Crippen LogP contribution in [-0.4, -0.2) is 46.5 Å². The minimum Gasteiger partial charge on any atom is -0.497 e. The molecule has 3 aromatic rings. The summed E-state index contributed by atoms with van der Waals surface area (Å²) in [5.74, 6) is 1.03. The highest BCUT2D eigenvalue weighted by atomic mass is 16.5. The highest BCUT2D eigenvalue weighted by molar-refractivity contribution is 6.01. The van der Waals surface area contributed by atoms with E-state index in [0.717, 1.165) is 21.8 Å². The second-order valence-electron chi connectivity index (χ2n) is 7.13. The number of benzene rings is 2. The van der Waals surface area contributed by atoms with E-state index in [1.165, 1.54) is 0 Å². The van der Waals surface area contributed by atoms with E-state index < -0.39 is 6.03 Å². The SMILES string of the molecule is COc1ccc(-c2noc(CCC(=O)Nc3cccc(CN4C(=O)CNC4=O)c3)n2)cc1. The number of ether oxygens (including phenoxy) is 1. The quantitative estimate of drug-likeness (QED) is 0.520. The zero-order valence-electron chi connectivity index (χ0n) is 17.3. The van der Waals surface area contributed by atoms with Gasteiger partial charge in [0.25, 0.3) is 0 Å². The molecule has 1 aromatic heterocycles. The molecule has 1 saturated heterocycles. The lowest BCUT2D eigenvalue weighted by Gasteiger charge is -2.13. The Labute approximate surface area is 183 Å². The molecule has 0 radical (unpaired) electrons. The van der Waals surface area contributed by atoms with Crippen molar-refractivity contribution in [2.45, 2.75) is 19.4 Å². The number of carbonyl (C=O) groups excluding carboxylic acids is 3. The fourth-order valence-electron chi connectivity index (χ4n) is 3.20. The number of amides is 4. The fraction of sp³-hybridized carbons (Fsp3) is 0.227. The van der Waals surface area contributed by atoms with Crippen molar-refractivity contribution < 1.29 is 23.6 Å². The third kappa shape index (κ3) is 4.91. The van der Waals surface area contributed by atoms with E-state index >= 15 is 0 Å². The molecule has 10 nitrogen and oxygen atoms in total. The maximum absolute atomic E-state index is 12.3. The van der Waals surface area contributed by atoms with Gasteiger partial charge >= 0.3 is 6.03 Å². The molecule has 4 amide bonds. The molecule has 10 heteroatoms. The molecule has 1 aliphatic rings. The van der Waals surface area contributed by atoms with Crippen LogP contribution in [0.2, 0.25) is 0 Å². The molecule has 1 aliphatic heterocycles. The number of nitrogens with zero attached hydrogens (tertiary/aromatic N) is 3. The number of urea groups is 1. The maximum Gasteiger partial charge on any atom is 0.324 e. The van der Waals surface area contributed by atoms with Crippen LogP contribution < -0.4 is 15.4 Å². The van der Waals surface area contributed by atoms with E-state index in [2.05, 4.69) is 20.8 Å². The van der Waals surface area contributed by atoms with Crippen LogP contribution in [0.1, 0.15) is 17.9 Å². The monoisotopic (exact) mass is 435 g/mol. The van der Waals surface area contributed by atoms with E-state index in [-0.39, 0.29) is 37.7 Å². The van der Waals surface area contributed by atoms with Gasteiger partial charge in [-0.3, -0.25) is 14.5 Å². The number of nitrogens with one attached hydrogen (secondary N) is 2. The summed E-state index contributed by atoms with van der Waals surface area (Å²) in [6.07, 6.45) is 0.443. The van der Waals surface area contributed by atoms with E-state index in [1.54, 1.807) is 43.5 Å². The molecule has 2 N–H and O–H groups in total. The second-order valence-corrected chi connectivity index (χ2v) is 7.13. The normalized spacial score (nSPS) is 13.2. The molecular formula is C22H21N5O5. The van der Waals surface area contributed by atoms with Crippen molar-refractivity contribution in [3.63, 3.8) is 0 Å². The average Bonchev–Trinajstić information content (AvgIpc) is 3.40. The number of hydrogen-bond acceptors (Lipinski definition) is 7. The molecule has 0 spiro atoms. The van der Waals surface area contributed by atoms with Gasteiger partial charge in [0.2, 0.25) is 23.5 Å². The molecule has 1 fully saturated rings. The molecule has 0 bridgehead atoms. The van der Waals surface area contributed by atoms with Crippen LogP contribution in [0.5, 0.6) is 5.75 Å². The minimum atomic E-state index is -0.419. The largest absolute Gasteiger partial charge is 0.497 e. The Balaban J connectivity index is 1.31. The third-order valence-electron chi connectivity index (χ3n) is 4.87. The van der Waals surface area contributed by atoms with Gasteiger partial charge in [-0.15, -0.1) is 0 Å². The molecule has 2 heterocycles. The first kappa shape index (κ1) is 21.0. The molecule has 0 atom stereocenters. The molecular weight excluding hydrogens is 414 g/mol. The van der Waals surface area contributed by atoms with Gasteiger partial charge in [0, 0.05) is 24.1 Å². The Kier molecular flexibility index (Phi) is 6.11. The summed E-state index contributed by atoms with van der Waals surface area (Å²) in [5.41, 5.74) is 2.09. The Morgan fingerprint density at radius 2 is 2.03 bits per heavy atom. The smallest absolute Gasteiger partial charge is 0.324 e. The summed E-state index contributed by atoms with van der Waals surface area (Å²) in [7, 11) is 1.59. The number of aryl methyl sites for hydroxylation is 1. The first-order chi connectivity index (χ1) is 15.5. The number of aromatic nitrogens is 2. The third-order valence-corrected chi connectivity index (χ3v) is 4.87. The van der Waals surface area contributed by atoms with Gasteiger partial charge in [-0.1, -0.05) is 17.3 Å². The molecule has 32 heavy (non-hydrogen) atoms. The zero-order valence-corrected chi connectivity index (χ0v) is 17.3. The van der Waals surface area contributed by atoms with Crippen LogP contribution in [-0.2, 0) is 22.6 Å². The first-order valence-electron chi connectivity index (χ1n) is 9.96. The molecule has 0 saturated carbocycles. The van der Waals surface area contributed by atoms with Crippen molar-refractivity contribution in [1.82, 2.24) is 20.4 Å². The highest BCUT2D eigenvalue weighted by Gasteiger charge is 2.28. The topological polar surface area (TPSA) is 127 Å². The molecule has 164 valence electrons. The predicted molar refractivity (Wildman–Crippen MR) is 114 cm³/mol. The van der Waals surface area contributed by atoms with Gasteiger partial charge in [-0.2, -0.15) is 4.98 Å². The van der Waals surface area contributed by atoms with Crippen LogP contribution in [0, 0.1) is 0 Å². The van der Waals surface area contributed by atoms with Crippen molar-refractivity contribution in [2.24, 2.45) is 0 Å². The number of imide groups is 1.